The monoisotopic (exact) mass is 435 g/mol. The number of rotatable bonds is 7. The largest absolute Gasteiger partial charge is 0.497 e. The Bertz CT molecular complexity index is 1260. The van der Waals surface area contributed by atoms with Gasteiger partial charge in [0.05, 0.1) is 23.7 Å². The highest BCUT2D eigenvalue weighted by atomic mass is 19.1. The minimum absolute atomic E-state index is 0.0649. The third kappa shape index (κ3) is 4.64. The highest BCUT2D eigenvalue weighted by Gasteiger charge is 2.12. The number of ether oxygens (including phenoxy) is 1. The second-order valence-electron chi connectivity index (χ2n) is 7.47. The summed E-state index contributed by atoms with van der Waals surface area (Å²) in [7, 11) is 1.47. The second kappa shape index (κ2) is 8.96. The zero-order chi connectivity index (χ0) is 22.7. The number of nitrogens with one attached hydrogen (secondary N) is 2. The number of carbonyl (C=O) groups excluding carboxylic acids is 1. The van der Waals surface area contributed by atoms with E-state index in [-0.39, 0.29) is 23.8 Å². The van der Waals surface area contributed by atoms with Crippen molar-refractivity contribution in [1.82, 2.24) is 25.0 Å². The molecule has 0 aliphatic heterocycles. The van der Waals surface area contributed by atoms with Crippen LogP contribution in [-0.2, 0) is 11.3 Å². The first-order valence-electron chi connectivity index (χ1n) is 9.98. The fraction of sp³-hybridized carbons (Fsp3) is 0.227. The Hall–Kier alpha value is -4.08. The maximum absolute atomic E-state index is 14.6. The van der Waals surface area contributed by atoms with Crippen LogP contribution in [0.1, 0.15) is 25.5 Å². The van der Waals surface area contributed by atoms with Crippen molar-refractivity contribution in [3.05, 3.63) is 60.4 Å². The summed E-state index contributed by atoms with van der Waals surface area (Å²) in [6.07, 6.45) is 3.12. The molecule has 10 heteroatoms. The molecule has 0 fully saturated rings. The molecule has 0 aliphatic carbocycles. The molecule has 9 nitrogen and oxygen atoms in total. The number of amides is 1. The average Bonchev–Trinajstić information content (AvgIpc) is 3.23. The van der Waals surface area contributed by atoms with Crippen molar-refractivity contribution < 1.29 is 13.9 Å². The number of methoxy groups -OCH3 is 1. The molecule has 0 saturated carbocycles. The molecule has 32 heavy (non-hydrogen) atoms. The number of hydrogen-bond acceptors (Lipinski definition) is 7. The van der Waals surface area contributed by atoms with Gasteiger partial charge in [0, 0.05) is 29.7 Å². The number of carbonyl (C=O) groups is 1. The lowest BCUT2D eigenvalue weighted by Gasteiger charge is -2.11. The molecule has 0 spiro atoms. The summed E-state index contributed by atoms with van der Waals surface area (Å²) in [5.41, 5.74) is 2.56. The minimum atomic E-state index is -0.486. The molecule has 1 amide bonds. The van der Waals surface area contributed by atoms with Crippen LogP contribution in [0.5, 0.6) is 5.75 Å². The lowest BCUT2D eigenvalue weighted by Crippen LogP contribution is -2.19. The molecule has 0 bridgehead atoms. The smallest absolute Gasteiger partial charge is 0.246 e. The second-order valence-corrected chi connectivity index (χ2v) is 7.47. The van der Waals surface area contributed by atoms with Gasteiger partial charge in [0.1, 0.15) is 30.3 Å². The topological polar surface area (TPSA) is 107 Å². The molecule has 2 N–H and O–H groups in total. The van der Waals surface area contributed by atoms with E-state index in [1.54, 1.807) is 36.5 Å². The van der Waals surface area contributed by atoms with Crippen molar-refractivity contribution in [3.63, 3.8) is 0 Å². The number of nitrogens with zero attached hydrogens (tertiary/aromatic N) is 5. The summed E-state index contributed by atoms with van der Waals surface area (Å²) < 4.78 is 21.2. The minimum Gasteiger partial charge on any atom is -0.497 e. The van der Waals surface area contributed by atoms with Gasteiger partial charge in [-0.3, -0.25) is 4.79 Å². The first kappa shape index (κ1) is 21.2. The van der Waals surface area contributed by atoms with Gasteiger partial charge in [0.25, 0.3) is 0 Å². The Morgan fingerprint density at radius 2 is 1.91 bits per heavy atom. The molecule has 0 radical (unpaired) electrons. The van der Waals surface area contributed by atoms with E-state index in [1.807, 2.05) is 13.8 Å². The molecular formula is C22H22FN7O2. The predicted molar refractivity (Wildman–Crippen MR) is 119 cm³/mol. The fourth-order valence-corrected chi connectivity index (χ4v) is 3.11. The summed E-state index contributed by atoms with van der Waals surface area (Å²) in [5.74, 6) is 0.253. The Labute approximate surface area is 183 Å². The zero-order valence-electron chi connectivity index (χ0n) is 17.8. The van der Waals surface area contributed by atoms with Crippen molar-refractivity contribution in [2.45, 2.75) is 26.3 Å². The van der Waals surface area contributed by atoms with Gasteiger partial charge in [-0.2, -0.15) is 0 Å². The number of benzene rings is 2. The first-order chi connectivity index (χ1) is 15.4. The third-order valence-electron chi connectivity index (χ3n) is 4.78. The number of anilines is 3. The molecule has 164 valence electrons. The molecule has 4 aromatic rings. The molecule has 0 atom stereocenters. The van der Waals surface area contributed by atoms with E-state index in [1.165, 1.54) is 24.2 Å². The molecule has 0 saturated heterocycles. The van der Waals surface area contributed by atoms with Crippen molar-refractivity contribution in [1.29, 1.82) is 0 Å². The predicted octanol–water partition coefficient (Wildman–Crippen LogP) is 3.87. The quantitative estimate of drug-likeness (QED) is 0.454. The standard InChI is InChI=1S/C22H22FN7O2/c1-13(2)19-10-30(29-28-19)11-20(31)26-14-4-6-15(7-5-14)27-22-21-17(23)8-16(32-3)9-18(21)24-12-25-22/h4-10,12-13H,11H2,1-3H3,(H,26,31)(H,24,25,27). The van der Waals surface area contributed by atoms with E-state index < -0.39 is 5.82 Å². The summed E-state index contributed by atoms with van der Waals surface area (Å²) >= 11 is 0. The van der Waals surface area contributed by atoms with Gasteiger partial charge in [0.2, 0.25) is 5.91 Å². The molecule has 0 aliphatic rings. The highest BCUT2D eigenvalue weighted by molar-refractivity contribution is 5.93. The van der Waals surface area contributed by atoms with E-state index in [0.29, 0.717) is 28.5 Å². The maximum Gasteiger partial charge on any atom is 0.246 e. The number of hydrogen-bond donors (Lipinski definition) is 2. The van der Waals surface area contributed by atoms with Crippen LogP contribution in [0.4, 0.5) is 21.6 Å². The third-order valence-corrected chi connectivity index (χ3v) is 4.78. The Balaban J connectivity index is 1.44. The normalized spacial score (nSPS) is 11.0. The van der Waals surface area contributed by atoms with Gasteiger partial charge in [-0.15, -0.1) is 5.10 Å². The molecule has 4 rings (SSSR count). The van der Waals surface area contributed by atoms with Crippen LogP contribution in [0.3, 0.4) is 0 Å². The van der Waals surface area contributed by atoms with E-state index in [0.717, 1.165) is 5.69 Å². The highest BCUT2D eigenvalue weighted by Crippen LogP contribution is 2.29. The van der Waals surface area contributed by atoms with Crippen molar-refractivity contribution >= 4 is 34.0 Å². The summed E-state index contributed by atoms with van der Waals surface area (Å²) in [6.45, 7) is 4.09. The van der Waals surface area contributed by atoms with Crippen molar-refractivity contribution in [2.75, 3.05) is 17.7 Å². The maximum atomic E-state index is 14.6. The van der Waals surface area contributed by atoms with Crippen LogP contribution in [0.2, 0.25) is 0 Å². The van der Waals surface area contributed by atoms with Crippen LogP contribution in [0, 0.1) is 5.82 Å². The Morgan fingerprint density at radius 1 is 1.16 bits per heavy atom. The number of halogens is 1. The van der Waals surface area contributed by atoms with E-state index in [9.17, 15) is 9.18 Å². The van der Waals surface area contributed by atoms with Crippen molar-refractivity contribution in [2.24, 2.45) is 0 Å². The number of fused-ring (bicyclic) bond motifs is 1. The molecular weight excluding hydrogens is 413 g/mol. The van der Waals surface area contributed by atoms with E-state index in [2.05, 4.69) is 30.9 Å². The van der Waals surface area contributed by atoms with Crippen LogP contribution in [0.25, 0.3) is 10.9 Å². The van der Waals surface area contributed by atoms with Gasteiger partial charge < -0.3 is 15.4 Å². The average molecular weight is 435 g/mol. The summed E-state index contributed by atoms with van der Waals surface area (Å²) in [5, 5.41) is 14.2. The number of aromatic nitrogens is 5. The van der Waals surface area contributed by atoms with Gasteiger partial charge in [-0.1, -0.05) is 19.1 Å². The Morgan fingerprint density at radius 3 is 2.59 bits per heavy atom. The van der Waals surface area contributed by atoms with Crippen molar-refractivity contribution in [3.8, 4) is 5.75 Å². The van der Waals surface area contributed by atoms with Crippen LogP contribution in [0.15, 0.2) is 48.9 Å². The van der Waals surface area contributed by atoms with E-state index in [4.69, 9.17) is 4.74 Å². The van der Waals surface area contributed by atoms with Gasteiger partial charge >= 0.3 is 0 Å². The lowest BCUT2D eigenvalue weighted by molar-refractivity contribution is -0.116. The van der Waals surface area contributed by atoms with Gasteiger partial charge in [-0.05, 0) is 30.2 Å². The first-order valence-corrected chi connectivity index (χ1v) is 9.98. The molecule has 2 heterocycles. The van der Waals surface area contributed by atoms with Crippen LogP contribution >= 0.6 is 0 Å². The van der Waals surface area contributed by atoms with E-state index >= 15 is 0 Å². The fourth-order valence-electron chi connectivity index (χ4n) is 3.11. The van der Waals surface area contributed by atoms with Gasteiger partial charge in [0.15, 0.2) is 0 Å². The molecule has 0 unspecified atom stereocenters. The zero-order valence-corrected chi connectivity index (χ0v) is 17.8. The molecule has 2 aromatic carbocycles. The Kier molecular flexibility index (Phi) is 5.93. The summed E-state index contributed by atoms with van der Waals surface area (Å²) in [4.78, 5) is 20.6. The van der Waals surface area contributed by atoms with Gasteiger partial charge in [-0.25, -0.2) is 19.0 Å². The van der Waals surface area contributed by atoms with Crippen LogP contribution in [-0.4, -0.2) is 38.0 Å². The SMILES string of the molecule is COc1cc(F)c2c(Nc3ccc(NC(=O)Cn4cc(C(C)C)nn4)cc3)ncnc2c1. The summed E-state index contributed by atoms with van der Waals surface area (Å²) in [6, 6.07) is 9.93. The molecule has 2 aromatic heterocycles. The lowest BCUT2D eigenvalue weighted by atomic mass is 10.2. The van der Waals surface area contributed by atoms with Crippen LogP contribution < -0.4 is 15.4 Å².